The Balaban J connectivity index is 1.51. The predicted molar refractivity (Wildman–Crippen MR) is 106 cm³/mol. The van der Waals surface area contributed by atoms with Gasteiger partial charge in [-0.05, 0) is 37.6 Å². The molecule has 0 spiro atoms. The van der Waals surface area contributed by atoms with Crippen LogP contribution in [0.1, 0.15) is 18.2 Å². The van der Waals surface area contributed by atoms with Gasteiger partial charge in [0.15, 0.2) is 18.1 Å². The number of amides is 2. The zero-order valence-corrected chi connectivity index (χ0v) is 15.9. The zero-order valence-electron chi connectivity index (χ0n) is 15.9. The predicted octanol–water partition coefficient (Wildman–Crippen LogP) is 2.64. The van der Waals surface area contributed by atoms with E-state index in [1.54, 1.807) is 18.2 Å². The fourth-order valence-corrected chi connectivity index (χ4v) is 2.93. The summed E-state index contributed by atoms with van der Waals surface area (Å²) >= 11 is 0. The van der Waals surface area contributed by atoms with E-state index in [0.717, 1.165) is 22.2 Å². The lowest BCUT2D eigenvalue weighted by Crippen LogP contribution is -2.44. The molecule has 0 bridgehead atoms. The van der Waals surface area contributed by atoms with Crippen LogP contribution in [0, 0.1) is 6.92 Å². The summed E-state index contributed by atoms with van der Waals surface area (Å²) in [7, 11) is 0. The van der Waals surface area contributed by atoms with E-state index in [1.165, 1.54) is 0 Å². The third-order valence-corrected chi connectivity index (χ3v) is 4.21. The molecule has 0 unspecified atom stereocenters. The molecule has 0 fully saturated rings. The van der Waals surface area contributed by atoms with Gasteiger partial charge >= 0.3 is 0 Å². The van der Waals surface area contributed by atoms with Gasteiger partial charge in [0.25, 0.3) is 5.91 Å². The Morgan fingerprint density at radius 2 is 1.57 bits per heavy atom. The van der Waals surface area contributed by atoms with E-state index in [9.17, 15) is 9.59 Å². The smallest absolute Gasteiger partial charge is 0.276 e. The number of ether oxygens (including phenoxy) is 2. The number of para-hydroxylation sites is 3. The van der Waals surface area contributed by atoms with Crippen LogP contribution < -0.4 is 20.3 Å². The summed E-state index contributed by atoms with van der Waals surface area (Å²) in [5, 5.41) is 0.998. The van der Waals surface area contributed by atoms with Gasteiger partial charge in [0.2, 0.25) is 5.91 Å². The first-order valence-electron chi connectivity index (χ1n) is 9.07. The van der Waals surface area contributed by atoms with Crippen LogP contribution in [-0.4, -0.2) is 30.0 Å². The summed E-state index contributed by atoms with van der Waals surface area (Å²) in [4.78, 5) is 27.4. The third-order valence-electron chi connectivity index (χ3n) is 4.21. The van der Waals surface area contributed by atoms with Crippen LogP contribution in [0.4, 0.5) is 0 Å². The lowest BCUT2D eigenvalue weighted by atomic mass is 10.1. The molecule has 7 heteroatoms. The van der Waals surface area contributed by atoms with Crippen LogP contribution >= 0.6 is 0 Å². The van der Waals surface area contributed by atoms with Gasteiger partial charge in [0.05, 0.1) is 13.0 Å². The summed E-state index contributed by atoms with van der Waals surface area (Å²) in [5.74, 6) is 0.267. The standard InChI is InChI=1S/C21H23N3O4/c1-3-27-18-10-6-7-11-19(18)28-13-21(26)24-23-20(25)12-16-14(2)22-17-9-5-4-8-15(16)17/h4-11,22H,3,12-13H2,1-2H3,(H,23,25)(H,24,26). The molecular weight excluding hydrogens is 358 g/mol. The van der Waals surface area contributed by atoms with E-state index >= 15 is 0 Å². The number of carbonyl (C=O) groups excluding carboxylic acids is 2. The number of hydrogen-bond acceptors (Lipinski definition) is 4. The van der Waals surface area contributed by atoms with Gasteiger partial charge < -0.3 is 14.5 Å². The molecule has 0 saturated carbocycles. The van der Waals surface area contributed by atoms with Crippen molar-refractivity contribution in [3.63, 3.8) is 0 Å². The van der Waals surface area contributed by atoms with Crippen molar-refractivity contribution in [3.05, 3.63) is 59.8 Å². The number of aromatic amines is 1. The van der Waals surface area contributed by atoms with E-state index in [0.29, 0.717) is 18.1 Å². The largest absolute Gasteiger partial charge is 0.490 e. The van der Waals surface area contributed by atoms with Crippen molar-refractivity contribution in [2.24, 2.45) is 0 Å². The maximum absolute atomic E-state index is 12.2. The lowest BCUT2D eigenvalue weighted by Gasteiger charge is -2.12. The second kappa shape index (κ2) is 8.94. The van der Waals surface area contributed by atoms with E-state index in [4.69, 9.17) is 9.47 Å². The average molecular weight is 381 g/mol. The molecule has 146 valence electrons. The Hall–Kier alpha value is -3.48. The first kappa shape index (κ1) is 19.3. The quantitative estimate of drug-likeness (QED) is 0.549. The number of carbonyl (C=O) groups is 2. The van der Waals surface area contributed by atoms with Crippen molar-refractivity contribution in [2.45, 2.75) is 20.3 Å². The number of aromatic nitrogens is 1. The summed E-state index contributed by atoms with van der Waals surface area (Å²) in [6.07, 6.45) is 0.157. The molecule has 0 radical (unpaired) electrons. The molecule has 1 heterocycles. The van der Waals surface area contributed by atoms with Crippen molar-refractivity contribution in [1.29, 1.82) is 0 Å². The topological polar surface area (TPSA) is 92.4 Å². The highest BCUT2D eigenvalue weighted by molar-refractivity contribution is 5.91. The molecule has 0 saturated heterocycles. The Bertz CT molecular complexity index is 981. The molecule has 0 aliphatic heterocycles. The summed E-state index contributed by atoms with van der Waals surface area (Å²) in [5.41, 5.74) is 7.61. The first-order chi connectivity index (χ1) is 13.6. The Morgan fingerprint density at radius 1 is 0.929 bits per heavy atom. The van der Waals surface area contributed by atoms with Crippen LogP contribution in [0.15, 0.2) is 48.5 Å². The summed E-state index contributed by atoms with van der Waals surface area (Å²) in [6.45, 7) is 4.05. The minimum atomic E-state index is -0.463. The van der Waals surface area contributed by atoms with E-state index in [1.807, 2.05) is 44.2 Å². The molecular formula is C21H23N3O4. The van der Waals surface area contributed by atoms with Gasteiger partial charge in [-0.1, -0.05) is 30.3 Å². The third kappa shape index (κ3) is 4.62. The van der Waals surface area contributed by atoms with Crippen LogP contribution in [-0.2, 0) is 16.0 Å². The Kier molecular flexibility index (Phi) is 6.16. The highest BCUT2D eigenvalue weighted by Crippen LogP contribution is 2.26. The molecule has 0 atom stereocenters. The highest BCUT2D eigenvalue weighted by Gasteiger charge is 2.13. The molecule has 0 aliphatic rings. The normalized spacial score (nSPS) is 10.5. The number of rotatable bonds is 7. The summed E-state index contributed by atoms with van der Waals surface area (Å²) < 4.78 is 10.9. The van der Waals surface area contributed by atoms with E-state index in [2.05, 4.69) is 15.8 Å². The minimum absolute atomic E-state index is 0.157. The van der Waals surface area contributed by atoms with Crippen LogP contribution in [0.2, 0.25) is 0 Å². The van der Waals surface area contributed by atoms with Gasteiger partial charge in [0, 0.05) is 16.6 Å². The van der Waals surface area contributed by atoms with E-state index in [-0.39, 0.29) is 18.9 Å². The molecule has 7 nitrogen and oxygen atoms in total. The number of hydrogen-bond donors (Lipinski definition) is 3. The van der Waals surface area contributed by atoms with Gasteiger partial charge in [-0.2, -0.15) is 0 Å². The maximum atomic E-state index is 12.2. The lowest BCUT2D eigenvalue weighted by molar-refractivity contribution is -0.129. The SMILES string of the molecule is CCOc1ccccc1OCC(=O)NNC(=O)Cc1c(C)[nH]c2ccccc12. The van der Waals surface area contributed by atoms with Crippen molar-refractivity contribution in [1.82, 2.24) is 15.8 Å². The second-order valence-electron chi connectivity index (χ2n) is 6.22. The molecule has 3 aromatic rings. The molecule has 3 N–H and O–H groups in total. The van der Waals surface area contributed by atoms with Gasteiger partial charge in [-0.3, -0.25) is 20.4 Å². The van der Waals surface area contributed by atoms with Crippen molar-refractivity contribution in [2.75, 3.05) is 13.2 Å². The van der Waals surface area contributed by atoms with E-state index < -0.39 is 5.91 Å². The molecule has 2 aromatic carbocycles. The van der Waals surface area contributed by atoms with Gasteiger partial charge in [-0.15, -0.1) is 0 Å². The fraction of sp³-hybridized carbons (Fsp3) is 0.238. The van der Waals surface area contributed by atoms with Crippen molar-refractivity contribution >= 4 is 22.7 Å². The summed E-state index contributed by atoms with van der Waals surface area (Å²) in [6, 6.07) is 14.9. The van der Waals surface area contributed by atoms with Crippen LogP contribution in [0.25, 0.3) is 10.9 Å². The van der Waals surface area contributed by atoms with Crippen molar-refractivity contribution in [3.8, 4) is 11.5 Å². The second-order valence-corrected chi connectivity index (χ2v) is 6.22. The maximum Gasteiger partial charge on any atom is 0.276 e. The highest BCUT2D eigenvalue weighted by atomic mass is 16.5. The number of benzene rings is 2. The molecule has 1 aromatic heterocycles. The van der Waals surface area contributed by atoms with Gasteiger partial charge in [-0.25, -0.2) is 0 Å². The fourth-order valence-electron chi connectivity index (χ4n) is 2.93. The number of aryl methyl sites for hydroxylation is 1. The Morgan fingerprint density at radius 3 is 2.32 bits per heavy atom. The number of nitrogens with one attached hydrogen (secondary N) is 3. The van der Waals surface area contributed by atoms with Gasteiger partial charge in [0.1, 0.15) is 0 Å². The van der Waals surface area contributed by atoms with Crippen LogP contribution in [0.3, 0.4) is 0 Å². The molecule has 3 rings (SSSR count). The van der Waals surface area contributed by atoms with Crippen molar-refractivity contribution < 1.29 is 19.1 Å². The monoisotopic (exact) mass is 381 g/mol. The Labute approximate surface area is 163 Å². The number of fused-ring (bicyclic) bond motifs is 1. The minimum Gasteiger partial charge on any atom is -0.490 e. The zero-order chi connectivity index (χ0) is 19.9. The average Bonchev–Trinajstić information content (AvgIpc) is 3.01. The molecule has 0 aliphatic carbocycles. The number of H-pyrrole nitrogens is 1. The molecule has 2 amide bonds. The molecule has 28 heavy (non-hydrogen) atoms. The van der Waals surface area contributed by atoms with Crippen LogP contribution in [0.5, 0.6) is 11.5 Å². The number of hydrazine groups is 1. The first-order valence-corrected chi connectivity index (χ1v) is 9.07.